The van der Waals surface area contributed by atoms with Crippen molar-refractivity contribution in [1.82, 2.24) is 4.98 Å². The van der Waals surface area contributed by atoms with E-state index in [0.29, 0.717) is 63.8 Å². The zero-order chi connectivity index (χ0) is 31.1. The maximum atomic E-state index is 13.8. The number of aromatic nitrogens is 1. The van der Waals surface area contributed by atoms with Crippen molar-refractivity contribution in [3.63, 3.8) is 0 Å². The molecule has 0 spiro atoms. The van der Waals surface area contributed by atoms with Gasteiger partial charge in [0.05, 0.1) is 35.0 Å². The van der Waals surface area contributed by atoms with Crippen LogP contribution in [0.4, 0.5) is 5.13 Å². The molecule has 0 aliphatic carbocycles. The maximum Gasteiger partial charge on any atom is 0.301 e. The minimum atomic E-state index is -0.974. The molecule has 3 heterocycles. The second-order valence-electron chi connectivity index (χ2n) is 11.4. The molecule has 0 radical (unpaired) electrons. The fourth-order valence-electron chi connectivity index (χ4n) is 5.55. The van der Waals surface area contributed by atoms with E-state index in [1.54, 1.807) is 48.5 Å². The summed E-state index contributed by atoms with van der Waals surface area (Å²) in [4.78, 5) is 33.6. The smallest absolute Gasteiger partial charge is 0.301 e. The van der Waals surface area contributed by atoms with E-state index in [-0.39, 0.29) is 17.4 Å². The van der Waals surface area contributed by atoms with E-state index in [9.17, 15) is 14.7 Å². The van der Waals surface area contributed by atoms with Gasteiger partial charge in [-0.3, -0.25) is 14.5 Å². The molecular formula is C34H33ClN2O6S. The summed E-state index contributed by atoms with van der Waals surface area (Å²) < 4.78 is 18.6. The van der Waals surface area contributed by atoms with Crippen LogP contribution >= 0.6 is 22.9 Å². The Bertz CT molecular complexity index is 1800. The minimum Gasteiger partial charge on any atom is -0.507 e. The third kappa shape index (κ3) is 5.62. The van der Waals surface area contributed by atoms with Crippen LogP contribution in [0.2, 0.25) is 5.02 Å². The lowest BCUT2D eigenvalue weighted by atomic mass is 9.94. The molecule has 1 fully saturated rings. The number of hydrogen-bond acceptors (Lipinski definition) is 8. The molecule has 6 rings (SSSR count). The molecule has 3 aromatic carbocycles. The molecule has 2 atom stereocenters. The highest BCUT2D eigenvalue weighted by Crippen LogP contribution is 2.46. The Kier molecular flexibility index (Phi) is 8.26. The fourth-order valence-corrected chi connectivity index (χ4v) is 6.81. The number of anilines is 1. The quantitative estimate of drug-likeness (QED) is 0.115. The largest absolute Gasteiger partial charge is 0.507 e. The number of Topliss-reactive ketones (excluding diaryl/α,β-unsaturated/α-hetero) is 1. The standard InChI is InChI=1S/C34H33ClN2O6S/c1-5-41-27-16-20(6-11-26(27)42-13-12-18(2)3)30-29(31(38)21-7-10-25-22(15-21)14-19(4)43-25)32(39)33(40)37(30)34-36-24-9-8-23(35)17-28(24)44-34/h6-11,15-19,30,38H,5,12-14H2,1-4H3/b31-29+/t19-,30-/m0/s1. The molecule has 0 unspecified atom stereocenters. The second kappa shape index (κ2) is 12.1. The van der Waals surface area contributed by atoms with Gasteiger partial charge in [-0.15, -0.1) is 0 Å². The summed E-state index contributed by atoms with van der Waals surface area (Å²) >= 11 is 7.48. The Morgan fingerprint density at radius 1 is 1.11 bits per heavy atom. The van der Waals surface area contributed by atoms with Crippen LogP contribution in [-0.2, 0) is 16.0 Å². The lowest BCUT2D eigenvalue weighted by Crippen LogP contribution is -2.29. The summed E-state index contributed by atoms with van der Waals surface area (Å²) in [6.45, 7) is 9.01. The van der Waals surface area contributed by atoms with Crippen LogP contribution in [0.3, 0.4) is 0 Å². The number of amides is 1. The van der Waals surface area contributed by atoms with Crippen LogP contribution in [0.15, 0.2) is 60.2 Å². The molecule has 8 nitrogen and oxygen atoms in total. The van der Waals surface area contributed by atoms with Crippen molar-refractivity contribution < 1.29 is 28.9 Å². The van der Waals surface area contributed by atoms with Gasteiger partial charge in [-0.2, -0.15) is 0 Å². The number of nitrogens with zero attached hydrogens (tertiary/aromatic N) is 2. The first-order chi connectivity index (χ1) is 21.1. The first kappa shape index (κ1) is 30.0. The third-order valence-corrected chi connectivity index (χ3v) is 8.95. The Morgan fingerprint density at radius 2 is 1.93 bits per heavy atom. The van der Waals surface area contributed by atoms with Crippen LogP contribution in [0, 0.1) is 5.92 Å². The van der Waals surface area contributed by atoms with Gasteiger partial charge in [-0.1, -0.05) is 42.9 Å². The van der Waals surface area contributed by atoms with E-state index in [0.717, 1.165) is 22.4 Å². The summed E-state index contributed by atoms with van der Waals surface area (Å²) in [5, 5.41) is 12.6. The Morgan fingerprint density at radius 3 is 2.70 bits per heavy atom. The first-order valence-corrected chi connectivity index (χ1v) is 15.9. The van der Waals surface area contributed by atoms with E-state index >= 15 is 0 Å². The Labute approximate surface area is 264 Å². The number of halogens is 1. The highest BCUT2D eigenvalue weighted by Gasteiger charge is 2.48. The van der Waals surface area contributed by atoms with E-state index in [2.05, 4.69) is 18.8 Å². The van der Waals surface area contributed by atoms with Crippen LogP contribution in [0.5, 0.6) is 17.2 Å². The van der Waals surface area contributed by atoms with Gasteiger partial charge in [0.2, 0.25) is 0 Å². The van der Waals surface area contributed by atoms with Crippen LogP contribution in [0.1, 0.15) is 56.8 Å². The zero-order valence-electron chi connectivity index (χ0n) is 24.9. The minimum absolute atomic E-state index is 0.0128. The number of aliphatic hydroxyl groups is 1. The van der Waals surface area contributed by atoms with Crippen molar-refractivity contribution in [3.8, 4) is 17.2 Å². The van der Waals surface area contributed by atoms with Crippen LogP contribution in [0.25, 0.3) is 16.0 Å². The van der Waals surface area contributed by atoms with E-state index in [1.165, 1.54) is 16.2 Å². The number of fused-ring (bicyclic) bond motifs is 2. The second-order valence-corrected chi connectivity index (χ2v) is 12.8. The van der Waals surface area contributed by atoms with Gasteiger partial charge in [0.25, 0.3) is 5.78 Å². The van der Waals surface area contributed by atoms with Gasteiger partial charge in [-0.25, -0.2) is 4.98 Å². The SMILES string of the molecule is CCOc1cc([C@H]2/C(=C(\O)c3ccc4c(c3)C[C@H](C)O4)C(=O)C(=O)N2c2nc3ccc(Cl)cc3s2)ccc1OCCC(C)C. The number of hydrogen-bond donors (Lipinski definition) is 1. The molecule has 228 valence electrons. The number of carbonyl (C=O) groups is 2. The normalized spacial score (nSPS) is 19.1. The van der Waals surface area contributed by atoms with Gasteiger partial charge < -0.3 is 19.3 Å². The lowest BCUT2D eigenvalue weighted by molar-refractivity contribution is -0.132. The summed E-state index contributed by atoms with van der Waals surface area (Å²) in [5.74, 6) is 0.420. The van der Waals surface area contributed by atoms with Crippen molar-refractivity contribution in [3.05, 3.63) is 81.9 Å². The molecule has 0 bridgehead atoms. The monoisotopic (exact) mass is 632 g/mol. The Balaban J connectivity index is 1.50. The number of carbonyl (C=O) groups excluding carboxylic acids is 2. The molecule has 10 heteroatoms. The molecule has 2 aliphatic heterocycles. The van der Waals surface area contributed by atoms with Gasteiger partial charge in [-0.05, 0) is 85.8 Å². The molecule has 1 aromatic heterocycles. The average molecular weight is 633 g/mol. The third-order valence-electron chi connectivity index (χ3n) is 7.70. The number of ether oxygens (including phenoxy) is 3. The fraction of sp³-hybridized carbons (Fsp3) is 0.324. The summed E-state index contributed by atoms with van der Waals surface area (Å²) in [6, 6.07) is 15.0. The predicted molar refractivity (Wildman–Crippen MR) is 172 cm³/mol. The number of ketones is 1. The van der Waals surface area contributed by atoms with Crippen molar-refractivity contribution in [2.45, 2.75) is 52.7 Å². The first-order valence-electron chi connectivity index (χ1n) is 14.7. The van der Waals surface area contributed by atoms with Gasteiger partial charge in [0.1, 0.15) is 17.6 Å². The highest BCUT2D eigenvalue weighted by atomic mass is 35.5. The van der Waals surface area contributed by atoms with Crippen molar-refractivity contribution in [1.29, 1.82) is 0 Å². The van der Waals surface area contributed by atoms with Crippen molar-refractivity contribution >= 4 is 55.7 Å². The molecule has 4 aromatic rings. The van der Waals surface area contributed by atoms with Crippen molar-refractivity contribution in [2.24, 2.45) is 5.92 Å². The lowest BCUT2D eigenvalue weighted by Gasteiger charge is -2.24. The topological polar surface area (TPSA) is 98.2 Å². The molecule has 1 saturated heterocycles. The number of benzene rings is 3. The summed E-state index contributed by atoms with van der Waals surface area (Å²) in [6.07, 6.45) is 1.57. The highest BCUT2D eigenvalue weighted by molar-refractivity contribution is 7.22. The number of aliphatic hydroxyl groups excluding tert-OH is 1. The van der Waals surface area contributed by atoms with E-state index in [4.69, 9.17) is 25.8 Å². The summed E-state index contributed by atoms with van der Waals surface area (Å²) in [5.41, 5.74) is 2.54. The molecular weight excluding hydrogens is 600 g/mol. The van der Waals surface area contributed by atoms with E-state index < -0.39 is 17.7 Å². The molecule has 1 N–H and O–H groups in total. The van der Waals surface area contributed by atoms with E-state index in [1.807, 2.05) is 19.9 Å². The van der Waals surface area contributed by atoms with Crippen LogP contribution < -0.4 is 19.1 Å². The van der Waals surface area contributed by atoms with Gasteiger partial charge in [0, 0.05) is 17.0 Å². The zero-order valence-corrected chi connectivity index (χ0v) is 26.5. The number of rotatable bonds is 9. The predicted octanol–water partition coefficient (Wildman–Crippen LogP) is 7.72. The average Bonchev–Trinajstić information content (AvgIpc) is 3.65. The molecule has 1 amide bonds. The van der Waals surface area contributed by atoms with Gasteiger partial charge >= 0.3 is 5.91 Å². The molecule has 44 heavy (non-hydrogen) atoms. The van der Waals surface area contributed by atoms with Gasteiger partial charge in [0.15, 0.2) is 16.6 Å². The van der Waals surface area contributed by atoms with Crippen LogP contribution in [-0.4, -0.2) is 41.1 Å². The van der Waals surface area contributed by atoms with Crippen molar-refractivity contribution in [2.75, 3.05) is 18.1 Å². The Hall–Kier alpha value is -4.08. The number of thiazole rings is 1. The summed E-state index contributed by atoms with van der Waals surface area (Å²) in [7, 11) is 0. The molecule has 0 saturated carbocycles. The maximum absolute atomic E-state index is 13.8. The molecule has 2 aliphatic rings.